The molecule has 0 atom stereocenters. The molecule has 1 aromatic heterocycles. The van der Waals surface area contributed by atoms with Crippen LogP contribution in [0.3, 0.4) is 0 Å². The smallest absolute Gasteiger partial charge is 0.235 e. The van der Waals surface area contributed by atoms with Crippen molar-refractivity contribution in [1.82, 2.24) is 15.5 Å². The Balaban J connectivity index is 1.68. The first-order valence-corrected chi connectivity index (χ1v) is 6.95. The third-order valence-corrected chi connectivity index (χ3v) is 4.09. The summed E-state index contributed by atoms with van der Waals surface area (Å²) in [4.78, 5) is 4.35. The first-order chi connectivity index (χ1) is 9.58. The fourth-order valence-corrected chi connectivity index (χ4v) is 2.29. The summed E-state index contributed by atoms with van der Waals surface area (Å²) in [6, 6.07) is 5.21. The number of benzene rings is 1. The average molecular weight is 314 g/mol. The summed E-state index contributed by atoms with van der Waals surface area (Å²) in [5, 5.41) is 7.94. The number of ether oxygens (including phenoxy) is 1. The minimum absolute atomic E-state index is 0.0705. The van der Waals surface area contributed by atoms with Crippen molar-refractivity contribution in [3.8, 4) is 5.75 Å². The average Bonchev–Trinajstić information content (AvgIpc) is 2.87. The van der Waals surface area contributed by atoms with Gasteiger partial charge in [-0.05, 0) is 19.1 Å². The van der Waals surface area contributed by atoms with Gasteiger partial charge in [0.15, 0.2) is 6.61 Å². The zero-order chi connectivity index (χ0) is 14.2. The van der Waals surface area contributed by atoms with E-state index in [1.807, 2.05) is 0 Å². The summed E-state index contributed by atoms with van der Waals surface area (Å²) >= 11 is 12.0. The van der Waals surface area contributed by atoms with E-state index in [1.54, 1.807) is 18.2 Å². The molecule has 0 unspecified atom stereocenters. The van der Waals surface area contributed by atoms with E-state index in [9.17, 15) is 0 Å². The van der Waals surface area contributed by atoms with Gasteiger partial charge in [-0.2, -0.15) is 4.98 Å². The predicted octanol–water partition coefficient (Wildman–Crippen LogP) is 2.82. The Morgan fingerprint density at radius 3 is 2.90 bits per heavy atom. The zero-order valence-electron chi connectivity index (χ0n) is 10.8. The number of hydrogen-bond donors (Lipinski definition) is 1. The van der Waals surface area contributed by atoms with E-state index in [1.165, 1.54) is 0 Å². The molecule has 0 radical (unpaired) electrons. The normalized spacial score (nSPS) is 16.8. The molecule has 1 N–H and O–H groups in total. The van der Waals surface area contributed by atoms with E-state index in [4.69, 9.17) is 32.5 Å². The van der Waals surface area contributed by atoms with E-state index in [-0.39, 0.29) is 12.0 Å². The first-order valence-electron chi connectivity index (χ1n) is 6.19. The third kappa shape index (κ3) is 2.49. The van der Waals surface area contributed by atoms with Crippen molar-refractivity contribution in [2.24, 2.45) is 0 Å². The van der Waals surface area contributed by atoms with Crippen molar-refractivity contribution in [3.05, 3.63) is 40.0 Å². The molecule has 0 aliphatic carbocycles. The van der Waals surface area contributed by atoms with Gasteiger partial charge >= 0.3 is 0 Å². The Kier molecular flexibility index (Phi) is 3.58. The van der Waals surface area contributed by atoms with Gasteiger partial charge in [0.05, 0.1) is 10.4 Å². The molecule has 1 saturated heterocycles. The molecule has 1 aliphatic rings. The summed E-state index contributed by atoms with van der Waals surface area (Å²) in [5.41, 5.74) is -0.0705. The second-order valence-corrected chi connectivity index (χ2v) is 5.81. The van der Waals surface area contributed by atoms with Crippen LogP contribution in [0.1, 0.15) is 18.6 Å². The molecule has 2 heterocycles. The first kappa shape index (κ1) is 13.7. The molecule has 3 rings (SSSR count). The minimum Gasteiger partial charge on any atom is -0.484 e. The van der Waals surface area contributed by atoms with Crippen LogP contribution in [0.4, 0.5) is 0 Å². The van der Waals surface area contributed by atoms with Crippen molar-refractivity contribution in [1.29, 1.82) is 0 Å². The molecular weight excluding hydrogens is 301 g/mol. The molecule has 106 valence electrons. The quantitative estimate of drug-likeness (QED) is 0.940. The summed E-state index contributed by atoms with van der Waals surface area (Å²) < 4.78 is 10.8. The number of rotatable bonds is 4. The van der Waals surface area contributed by atoms with E-state index >= 15 is 0 Å². The van der Waals surface area contributed by atoms with Crippen LogP contribution in [-0.4, -0.2) is 23.2 Å². The minimum atomic E-state index is -0.0705. The molecule has 5 nitrogen and oxygen atoms in total. The Hall–Kier alpha value is -1.30. The summed E-state index contributed by atoms with van der Waals surface area (Å²) in [6.07, 6.45) is 0. The monoisotopic (exact) mass is 313 g/mol. The van der Waals surface area contributed by atoms with Gasteiger partial charge in [-0.25, -0.2) is 0 Å². The summed E-state index contributed by atoms with van der Waals surface area (Å²) in [6.45, 7) is 3.95. The van der Waals surface area contributed by atoms with Crippen LogP contribution in [-0.2, 0) is 12.0 Å². The van der Waals surface area contributed by atoms with Crippen LogP contribution in [0.25, 0.3) is 0 Å². The maximum absolute atomic E-state index is 6.04. The molecule has 0 bridgehead atoms. The van der Waals surface area contributed by atoms with Crippen molar-refractivity contribution in [2.75, 3.05) is 13.1 Å². The lowest BCUT2D eigenvalue weighted by Gasteiger charge is -2.35. The Bertz CT molecular complexity index is 626. The van der Waals surface area contributed by atoms with E-state index in [0.717, 1.165) is 13.1 Å². The second kappa shape index (κ2) is 5.24. The molecular formula is C13H13Cl2N3O2. The molecule has 0 saturated carbocycles. The Morgan fingerprint density at radius 2 is 2.20 bits per heavy atom. The number of halogens is 2. The summed E-state index contributed by atoms with van der Waals surface area (Å²) in [7, 11) is 0. The maximum Gasteiger partial charge on any atom is 0.235 e. The number of nitrogens with one attached hydrogen (secondary N) is 1. The van der Waals surface area contributed by atoms with Crippen LogP contribution in [0.15, 0.2) is 22.7 Å². The lowest BCUT2D eigenvalue weighted by molar-refractivity contribution is 0.218. The highest BCUT2D eigenvalue weighted by Gasteiger charge is 2.39. The van der Waals surface area contributed by atoms with E-state index in [2.05, 4.69) is 22.4 Å². The molecule has 7 heteroatoms. The largest absolute Gasteiger partial charge is 0.484 e. The van der Waals surface area contributed by atoms with Crippen LogP contribution in [0.5, 0.6) is 5.75 Å². The van der Waals surface area contributed by atoms with Crippen LogP contribution in [0, 0.1) is 0 Å². The highest BCUT2D eigenvalue weighted by Crippen LogP contribution is 2.32. The van der Waals surface area contributed by atoms with Gasteiger partial charge in [0, 0.05) is 13.1 Å². The van der Waals surface area contributed by atoms with Gasteiger partial charge < -0.3 is 14.6 Å². The highest BCUT2D eigenvalue weighted by atomic mass is 35.5. The lowest BCUT2D eigenvalue weighted by Crippen LogP contribution is -2.54. The van der Waals surface area contributed by atoms with E-state index < -0.39 is 0 Å². The molecule has 1 aromatic carbocycles. The molecule has 2 aromatic rings. The molecule has 0 amide bonds. The van der Waals surface area contributed by atoms with Crippen LogP contribution < -0.4 is 10.1 Å². The predicted molar refractivity (Wildman–Crippen MR) is 75.3 cm³/mol. The van der Waals surface area contributed by atoms with Crippen molar-refractivity contribution < 1.29 is 9.26 Å². The molecule has 0 spiro atoms. The van der Waals surface area contributed by atoms with Gasteiger partial charge in [-0.1, -0.05) is 34.4 Å². The van der Waals surface area contributed by atoms with Crippen molar-refractivity contribution >= 4 is 23.2 Å². The Morgan fingerprint density at radius 1 is 1.40 bits per heavy atom. The van der Waals surface area contributed by atoms with Crippen molar-refractivity contribution in [2.45, 2.75) is 18.9 Å². The molecule has 1 fully saturated rings. The molecule has 20 heavy (non-hydrogen) atoms. The molecule has 1 aliphatic heterocycles. The number of hydrogen-bond acceptors (Lipinski definition) is 5. The van der Waals surface area contributed by atoms with Gasteiger partial charge in [-0.3, -0.25) is 0 Å². The second-order valence-electron chi connectivity index (χ2n) is 5.02. The lowest BCUT2D eigenvalue weighted by atomic mass is 9.84. The number of nitrogens with zero attached hydrogens (tertiary/aromatic N) is 2. The fraction of sp³-hybridized carbons (Fsp3) is 0.385. The zero-order valence-corrected chi connectivity index (χ0v) is 12.3. The van der Waals surface area contributed by atoms with Gasteiger partial charge in [-0.15, -0.1) is 0 Å². The highest BCUT2D eigenvalue weighted by molar-refractivity contribution is 6.42. The standard InChI is InChI=1S/C13H13Cl2N3O2/c1-13(6-16-7-13)12-17-10(18-20-12)5-19-9-4-2-3-8(14)11(9)15/h2-4,16H,5-7H2,1H3. The van der Waals surface area contributed by atoms with Gasteiger partial charge in [0.1, 0.15) is 10.8 Å². The number of aromatic nitrogens is 2. The van der Waals surface area contributed by atoms with Gasteiger partial charge in [0.25, 0.3) is 0 Å². The van der Waals surface area contributed by atoms with Crippen LogP contribution in [0.2, 0.25) is 10.0 Å². The van der Waals surface area contributed by atoms with Crippen LogP contribution >= 0.6 is 23.2 Å². The van der Waals surface area contributed by atoms with E-state index in [0.29, 0.717) is 27.5 Å². The fourth-order valence-electron chi connectivity index (χ4n) is 1.95. The maximum atomic E-state index is 6.04. The van der Waals surface area contributed by atoms with Crippen molar-refractivity contribution in [3.63, 3.8) is 0 Å². The van der Waals surface area contributed by atoms with Gasteiger partial charge in [0.2, 0.25) is 11.7 Å². The third-order valence-electron chi connectivity index (χ3n) is 3.29. The topological polar surface area (TPSA) is 60.2 Å². The summed E-state index contributed by atoms with van der Waals surface area (Å²) in [5.74, 6) is 1.62. The Labute approximate surface area is 126 Å². The SMILES string of the molecule is CC1(c2nc(COc3cccc(Cl)c3Cl)no2)CNC1.